The standard InChI is InChI=1S/C18H25N3O6/c1-2-3-4-5-12(23)8-11-9-19-14-6-7-20(18(26)21(11)14)17-16(25)15(24)13(10-22)27-17/h6-7,9,13,15-17,22,24-25H,2-5,8,10H2,1H3/t13-,15-,16-,17?/m1/s1. The maximum absolute atomic E-state index is 12.9. The summed E-state index contributed by atoms with van der Waals surface area (Å²) in [6.07, 6.45) is 1.52. The van der Waals surface area contributed by atoms with Gasteiger partial charge in [0.25, 0.3) is 0 Å². The van der Waals surface area contributed by atoms with Crippen molar-refractivity contribution in [3.8, 4) is 0 Å². The van der Waals surface area contributed by atoms with E-state index in [9.17, 15) is 24.9 Å². The van der Waals surface area contributed by atoms with Crippen LogP contribution >= 0.6 is 0 Å². The zero-order chi connectivity index (χ0) is 19.6. The third kappa shape index (κ3) is 3.81. The SMILES string of the molecule is CCCCCC(=O)Cc1cnc2ccn(C3O[C@H](CO)[C@@H](O)[C@H]3O)c(=O)n12. The highest BCUT2D eigenvalue weighted by molar-refractivity contribution is 5.80. The molecule has 9 nitrogen and oxygen atoms in total. The van der Waals surface area contributed by atoms with Crippen molar-refractivity contribution in [2.45, 2.75) is 63.6 Å². The normalized spacial score (nSPS) is 25.3. The number of imidazole rings is 1. The Morgan fingerprint density at radius 3 is 2.74 bits per heavy atom. The molecule has 0 amide bonds. The minimum absolute atomic E-state index is 0.0352. The van der Waals surface area contributed by atoms with Crippen LogP contribution in [0.15, 0.2) is 23.3 Å². The summed E-state index contributed by atoms with van der Waals surface area (Å²) in [5, 5.41) is 29.3. The van der Waals surface area contributed by atoms with Crippen molar-refractivity contribution in [3.63, 3.8) is 0 Å². The van der Waals surface area contributed by atoms with Crippen LogP contribution in [0, 0.1) is 0 Å². The number of hydrogen-bond donors (Lipinski definition) is 3. The zero-order valence-electron chi connectivity index (χ0n) is 15.2. The Balaban J connectivity index is 1.88. The number of rotatable bonds is 8. The van der Waals surface area contributed by atoms with Crippen LogP contribution in [0.25, 0.3) is 5.65 Å². The molecule has 4 atom stereocenters. The Morgan fingerprint density at radius 1 is 1.30 bits per heavy atom. The van der Waals surface area contributed by atoms with Gasteiger partial charge < -0.3 is 20.1 Å². The average molecular weight is 379 g/mol. The molecule has 0 bridgehead atoms. The van der Waals surface area contributed by atoms with Crippen molar-refractivity contribution in [2.24, 2.45) is 0 Å². The number of aliphatic hydroxyl groups excluding tert-OH is 3. The van der Waals surface area contributed by atoms with Crippen molar-refractivity contribution in [1.82, 2.24) is 14.0 Å². The lowest BCUT2D eigenvalue weighted by Crippen LogP contribution is -2.37. The maximum Gasteiger partial charge on any atom is 0.336 e. The predicted molar refractivity (Wildman–Crippen MR) is 95.3 cm³/mol. The monoisotopic (exact) mass is 379 g/mol. The molecule has 3 rings (SSSR count). The van der Waals surface area contributed by atoms with Gasteiger partial charge in [-0.2, -0.15) is 0 Å². The van der Waals surface area contributed by atoms with Gasteiger partial charge in [-0.25, -0.2) is 14.2 Å². The summed E-state index contributed by atoms with van der Waals surface area (Å²) in [6, 6.07) is 1.57. The van der Waals surface area contributed by atoms with Crippen molar-refractivity contribution >= 4 is 11.4 Å². The molecule has 2 aromatic heterocycles. The molecule has 27 heavy (non-hydrogen) atoms. The van der Waals surface area contributed by atoms with E-state index in [1.807, 2.05) is 0 Å². The second-order valence-corrected chi connectivity index (χ2v) is 6.85. The second kappa shape index (κ2) is 8.30. The van der Waals surface area contributed by atoms with E-state index in [0.717, 1.165) is 23.8 Å². The van der Waals surface area contributed by atoms with Crippen LogP contribution < -0.4 is 5.69 Å². The molecule has 1 unspecified atom stereocenters. The number of carbonyl (C=O) groups excluding carboxylic acids is 1. The van der Waals surface area contributed by atoms with Gasteiger partial charge in [-0.1, -0.05) is 19.8 Å². The number of fused-ring (bicyclic) bond motifs is 1. The molecule has 0 aromatic carbocycles. The molecule has 1 aliphatic heterocycles. The molecule has 3 heterocycles. The van der Waals surface area contributed by atoms with Crippen molar-refractivity contribution in [1.29, 1.82) is 0 Å². The first-order valence-electron chi connectivity index (χ1n) is 9.19. The summed E-state index contributed by atoms with van der Waals surface area (Å²) in [7, 11) is 0. The van der Waals surface area contributed by atoms with Crippen LogP contribution in [0.4, 0.5) is 0 Å². The van der Waals surface area contributed by atoms with Gasteiger partial charge in [0, 0.05) is 25.2 Å². The number of Topliss-reactive ketones (excluding diaryl/α,β-unsaturated/α-hetero) is 1. The van der Waals surface area contributed by atoms with Crippen LogP contribution in [0.1, 0.15) is 44.5 Å². The van der Waals surface area contributed by atoms with E-state index in [2.05, 4.69) is 11.9 Å². The van der Waals surface area contributed by atoms with Crippen molar-refractivity contribution < 1.29 is 24.9 Å². The highest BCUT2D eigenvalue weighted by atomic mass is 16.6. The number of hydrogen-bond acceptors (Lipinski definition) is 7. The third-order valence-electron chi connectivity index (χ3n) is 4.89. The van der Waals surface area contributed by atoms with Gasteiger partial charge in [0.2, 0.25) is 0 Å². The largest absolute Gasteiger partial charge is 0.394 e. The van der Waals surface area contributed by atoms with Gasteiger partial charge in [0.15, 0.2) is 6.23 Å². The third-order valence-corrected chi connectivity index (χ3v) is 4.89. The minimum atomic E-state index is -1.36. The Bertz CT molecular complexity index is 860. The molecule has 9 heteroatoms. The predicted octanol–water partition coefficient (Wildman–Crippen LogP) is -0.201. The minimum Gasteiger partial charge on any atom is -0.394 e. The first-order valence-corrected chi connectivity index (χ1v) is 9.19. The summed E-state index contributed by atoms with van der Waals surface area (Å²) in [5.74, 6) is 0.0352. The van der Waals surface area contributed by atoms with E-state index in [-0.39, 0.29) is 12.2 Å². The van der Waals surface area contributed by atoms with E-state index < -0.39 is 36.8 Å². The lowest BCUT2D eigenvalue weighted by Gasteiger charge is -2.18. The van der Waals surface area contributed by atoms with Crippen LogP contribution in [-0.4, -0.2) is 60.0 Å². The molecule has 0 spiro atoms. The summed E-state index contributed by atoms with van der Waals surface area (Å²) in [4.78, 5) is 29.3. The molecule has 1 aliphatic rings. The number of aliphatic hydroxyl groups is 3. The summed E-state index contributed by atoms with van der Waals surface area (Å²) < 4.78 is 7.88. The first-order chi connectivity index (χ1) is 13.0. The molecule has 148 valence electrons. The molecule has 2 aromatic rings. The maximum atomic E-state index is 12.9. The molecular formula is C18H25N3O6. The van der Waals surface area contributed by atoms with Crippen molar-refractivity contribution in [2.75, 3.05) is 6.61 Å². The first kappa shape index (κ1) is 19.7. The van der Waals surface area contributed by atoms with E-state index in [1.165, 1.54) is 16.8 Å². The van der Waals surface area contributed by atoms with Gasteiger partial charge in [-0.05, 0) is 12.5 Å². The van der Waals surface area contributed by atoms with Gasteiger partial charge in [0.1, 0.15) is 29.7 Å². The molecular weight excluding hydrogens is 354 g/mol. The van der Waals surface area contributed by atoms with Gasteiger partial charge >= 0.3 is 5.69 Å². The van der Waals surface area contributed by atoms with E-state index in [1.54, 1.807) is 6.07 Å². The van der Waals surface area contributed by atoms with Gasteiger partial charge in [0.05, 0.1) is 12.3 Å². The van der Waals surface area contributed by atoms with E-state index in [4.69, 9.17) is 4.74 Å². The number of unbranched alkanes of at least 4 members (excludes halogenated alkanes) is 2. The Morgan fingerprint density at radius 2 is 2.07 bits per heavy atom. The van der Waals surface area contributed by atoms with Crippen LogP contribution in [0.5, 0.6) is 0 Å². The van der Waals surface area contributed by atoms with E-state index in [0.29, 0.717) is 17.8 Å². The van der Waals surface area contributed by atoms with Crippen LogP contribution in [0.3, 0.4) is 0 Å². The number of nitrogens with zero attached hydrogens (tertiary/aromatic N) is 3. The fraction of sp³-hybridized carbons (Fsp3) is 0.611. The molecule has 0 aliphatic carbocycles. The molecule has 0 saturated carbocycles. The number of ketones is 1. The van der Waals surface area contributed by atoms with Gasteiger partial charge in [-0.3, -0.25) is 9.36 Å². The zero-order valence-corrected chi connectivity index (χ0v) is 15.2. The number of aromatic nitrogens is 3. The smallest absolute Gasteiger partial charge is 0.336 e. The average Bonchev–Trinajstić information content (AvgIpc) is 3.18. The quantitative estimate of drug-likeness (QED) is 0.542. The number of ether oxygens (including phenoxy) is 1. The lowest BCUT2D eigenvalue weighted by atomic mass is 10.1. The summed E-state index contributed by atoms with van der Waals surface area (Å²) in [5.41, 5.74) is 0.327. The Hall–Kier alpha value is -2.07. The molecule has 3 N–H and O–H groups in total. The molecule has 0 radical (unpaired) electrons. The van der Waals surface area contributed by atoms with E-state index >= 15 is 0 Å². The van der Waals surface area contributed by atoms with Crippen molar-refractivity contribution in [3.05, 3.63) is 34.6 Å². The van der Waals surface area contributed by atoms with Crippen LogP contribution in [-0.2, 0) is 16.0 Å². The Labute approximate surface area is 155 Å². The fourth-order valence-corrected chi connectivity index (χ4v) is 3.36. The molecule has 1 saturated heterocycles. The topological polar surface area (TPSA) is 126 Å². The van der Waals surface area contributed by atoms with Gasteiger partial charge in [-0.15, -0.1) is 0 Å². The van der Waals surface area contributed by atoms with Crippen LogP contribution in [0.2, 0.25) is 0 Å². The Kier molecular flexibility index (Phi) is 6.05. The fourth-order valence-electron chi connectivity index (χ4n) is 3.36. The summed E-state index contributed by atoms with van der Waals surface area (Å²) >= 11 is 0. The summed E-state index contributed by atoms with van der Waals surface area (Å²) in [6.45, 7) is 1.59. The highest BCUT2D eigenvalue weighted by Crippen LogP contribution is 2.28. The molecule has 1 fully saturated rings. The number of carbonyl (C=O) groups is 1. The highest BCUT2D eigenvalue weighted by Gasteiger charge is 2.43. The second-order valence-electron chi connectivity index (χ2n) is 6.85. The lowest BCUT2D eigenvalue weighted by molar-refractivity contribution is -0.118.